The van der Waals surface area contributed by atoms with Crippen LogP contribution in [0.1, 0.15) is 27.2 Å². The number of hydrogen-bond acceptors (Lipinski definition) is 4. The number of carboxylic acids is 1. The van der Waals surface area contributed by atoms with Gasteiger partial charge in [-0.15, -0.1) is 0 Å². The zero-order valence-electron chi connectivity index (χ0n) is 10.2. The summed E-state index contributed by atoms with van der Waals surface area (Å²) < 4.78 is 4.96. The Balaban J connectivity index is 4.19. The molecule has 0 heterocycles. The number of ether oxygens (including phenoxy) is 1. The molecule has 0 spiro atoms. The minimum atomic E-state index is -1.07. The van der Waals surface area contributed by atoms with Gasteiger partial charge in [-0.25, -0.2) is 9.59 Å². The number of carbonyl (C=O) groups is 2. The Labute approximate surface area is 95.4 Å². The third-order valence-corrected chi connectivity index (χ3v) is 1.67. The first-order chi connectivity index (χ1) is 7.26. The van der Waals surface area contributed by atoms with Gasteiger partial charge in [0.15, 0.2) is 0 Å². The summed E-state index contributed by atoms with van der Waals surface area (Å²) in [6.45, 7) is 5.66. The van der Waals surface area contributed by atoms with Crippen molar-refractivity contribution in [1.29, 1.82) is 0 Å². The fraction of sp³-hybridized carbons (Fsp3) is 0.800. The van der Waals surface area contributed by atoms with Crippen LogP contribution in [0.2, 0.25) is 0 Å². The molecule has 6 nitrogen and oxygen atoms in total. The summed E-state index contributed by atoms with van der Waals surface area (Å²) in [6.07, 6.45) is -0.401. The molecule has 94 valence electrons. The van der Waals surface area contributed by atoms with E-state index in [1.807, 2.05) is 0 Å². The molecular weight excluding hydrogens is 212 g/mol. The molecule has 0 aliphatic carbocycles. The maximum absolute atomic E-state index is 11.3. The molecule has 6 heteroatoms. The van der Waals surface area contributed by atoms with Crippen LogP contribution in [0.5, 0.6) is 0 Å². The maximum atomic E-state index is 11.3. The molecule has 0 aliphatic heterocycles. The zero-order valence-corrected chi connectivity index (χ0v) is 10.2. The fourth-order valence-electron chi connectivity index (χ4n) is 0.996. The highest BCUT2D eigenvalue weighted by Crippen LogP contribution is 2.07. The fourth-order valence-corrected chi connectivity index (χ4v) is 0.996. The largest absolute Gasteiger partial charge is 0.480 e. The molecule has 0 aromatic carbocycles. The van der Waals surface area contributed by atoms with Crippen LogP contribution in [0, 0.1) is 0 Å². The summed E-state index contributed by atoms with van der Waals surface area (Å²) in [5, 5.41) is 14.0. The molecule has 0 radical (unpaired) electrons. The second-order valence-corrected chi connectivity index (χ2v) is 4.43. The Morgan fingerprint density at radius 1 is 1.38 bits per heavy atom. The number of alkyl carbamates (subject to hydrolysis) is 1. The van der Waals surface area contributed by atoms with E-state index in [0.717, 1.165) is 0 Å². The van der Waals surface area contributed by atoms with Crippen LogP contribution in [0.4, 0.5) is 4.79 Å². The van der Waals surface area contributed by atoms with E-state index in [1.54, 1.807) is 27.8 Å². The summed E-state index contributed by atoms with van der Waals surface area (Å²) in [6, 6.07) is -0.928. The molecule has 0 saturated heterocycles. The topological polar surface area (TPSA) is 87.7 Å². The van der Waals surface area contributed by atoms with E-state index < -0.39 is 23.7 Å². The van der Waals surface area contributed by atoms with Crippen LogP contribution in [-0.2, 0) is 9.53 Å². The highest BCUT2D eigenvalue weighted by Gasteiger charge is 2.23. The van der Waals surface area contributed by atoms with E-state index in [0.29, 0.717) is 13.0 Å². The van der Waals surface area contributed by atoms with Gasteiger partial charge in [-0.3, -0.25) is 0 Å². The number of carbonyl (C=O) groups excluding carboxylic acids is 1. The lowest BCUT2D eigenvalue weighted by Crippen LogP contribution is -2.44. The number of hydrogen-bond donors (Lipinski definition) is 3. The van der Waals surface area contributed by atoms with Crippen LogP contribution >= 0.6 is 0 Å². The van der Waals surface area contributed by atoms with Crippen molar-refractivity contribution in [2.45, 2.75) is 38.8 Å². The molecule has 3 N–H and O–H groups in total. The van der Waals surface area contributed by atoms with Crippen molar-refractivity contribution in [3.8, 4) is 0 Å². The molecular formula is C10H20N2O4. The summed E-state index contributed by atoms with van der Waals surface area (Å²) in [7, 11) is 1.71. The van der Waals surface area contributed by atoms with Crippen molar-refractivity contribution >= 4 is 12.1 Å². The standard InChI is InChI=1S/C10H20N2O4/c1-10(2,3)16-9(15)12-7(8(13)14)5-6-11-4/h7,11H,5-6H2,1-4H3,(H,12,15)(H,13,14)/t7-/m1/s1. The molecule has 0 aliphatic rings. The summed E-state index contributed by atoms with van der Waals surface area (Å²) in [5.74, 6) is -1.07. The van der Waals surface area contributed by atoms with Crippen molar-refractivity contribution < 1.29 is 19.4 Å². The van der Waals surface area contributed by atoms with Gasteiger partial charge in [-0.2, -0.15) is 0 Å². The Hall–Kier alpha value is -1.30. The van der Waals surface area contributed by atoms with E-state index in [2.05, 4.69) is 10.6 Å². The van der Waals surface area contributed by atoms with Crippen molar-refractivity contribution in [2.75, 3.05) is 13.6 Å². The maximum Gasteiger partial charge on any atom is 0.408 e. The number of nitrogens with one attached hydrogen (secondary N) is 2. The number of amides is 1. The highest BCUT2D eigenvalue weighted by molar-refractivity contribution is 5.79. The van der Waals surface area contributed by atoms with Crippen LogP contribution in [0.15, 0.2) is 0 Å². The Morgan fingerprint density at radius 3 is 2.31 bits per heavy atom. The van der Waals surface area contributed by atoms with E-state index in [9.17, 15) is 9.59 Å². The second-order valence-electron chi connectivity index (χ2n) is 4.43. The molecule has 1 amide bonds. The summed E-state index contributed by atoms with van der Waals surface area (Å²) in [4.78, 5) is 22.1. The number of aliphatic carboxylic acids is 1. The van der Waals surface area contributed by atoms with Crippen molar-refractivity contribution in [2.24, 2.45) is 0 Å². The normalized spacial score (nSPS) is 13.0. The van der Waals surface area contributed by atoms with Gasteiger partial charge < -0.3 is 20.5 Å². The third kappa shape index (κ3) is 7.05. The predicted octanol–water partition coefficient (Wildman–Crippen LogP) is 0.574. The third-order valence-electron chi connectivity index (χ3n) is 1.67. The van der Waals surface area contributed by atoms with E-state index in [-0.39, 0.29) is 0 Å². The minimum Gasteiger partial charge on any atom is -0.480 e. The zero-order chi connectivity index (χ0) is 12.8. The van der Waals surface area contributed by atoms with Crippen molar-refractivity contribution in [3.05, 3.63) is 0 Å². The van der Waals surface area contributed by atoms with Gasteiger partial charge in [-0.05, 0) is 40.8 Å². The van der Waals surface area contributed by atoms with Gasteiger partial charge in [0.05, 0.1) is 0 Å². The van der Waals surface area contributed by atoms with Crippen LogP contribution in [0.3, 0.4) is 0 Å². The molecule has 0 aromatic rings. The average Bonchev–Trinajstić information content (AvgIpc) is 2.08. The minimum absolute atomic E-state index is 0.311. The van der Waals surface area contributed by atoms with E-state index in [1.165, 1.54) is 0 Å². The van der Waals surface area contributed by atoms with E-state index in [4.69, 9.17) is 9.84 Å². The number of carboxylic acid groups (broad SMARTS) is 1. The van der Waals surface area contributed by atoms with Crippen LogP contribution in [-0.4, -0.2) is 42.4 Å². The van der Waals surface area contributed by atoms with Crippen molar-refractivity contribution in [3.63, 3.8) is 0 Å². The highest BCUT2D eigenvalue weighted by atomic mass is 16.6. The van der Waals surface area contributed by atoms with E-state index >= 15 is 0 Å². The smallest absolute Gasteiger partial charge is 0.408 e. The van der Waals surface area contributed by atoms with Gasteiger partial charge in [-0.1, -0.05) is 0 Å². The first-order valence-electron chi connectivity index (χ1n) is 5.13. The SMILES string of the molecule is CNCC[C@@H](NC(=O)OC(C)(C)C)C(=O)O. The van der Waals surface area contributed by atoms with Gasteiger partial charge in [0, 0.05) is 0 Å². The first-order valence-corrected chi connectivity index (χ1v) is 5.13. The molecule has 0 saturated carbocycles. The Morgan fingerprint density at radius 2 is 1.94 bits per heavy atom. The first kappa shape index (κ1) is 14.7. The Kier molecular flexibility index (Phi) is 5.81. The summed E-state index contributed by atoms with van der Waals surface area (Å²) in [5.41, 5.74) is -0.629. The average molecular weight is 232 g/mol. The molecule has 0 aromatic heterocycles. The molecule has 0 bridgehead atoms. The van der Waals surface area contributed by atoms with Gasteiger partial charge in [0.25, 0.3) is 0 Å². The van der Waals surface area contributed by atoms with Gasteiger partial charge >= 0.3 is 12.1 Å². The molecule has 0 rings (SSSR count). The quantitative estimate of drug-likeness (QED) is 0.645. The van der Waals surface area contributed by atoms with Crippen LogP contribution < -0.4 is 10.6 Å². The lowest BCUT2D eigenvalue weighted by Gasteiger charge is -2.21. The second kappa shape index (κ2) is 6.32. The monoisotopic (exact) mass is 232 g/mol. The lowest BCUT2D eigenvalue weighted by molar-refractivity contribution is -0.139. The molecule has 0 unspecified atom stereocenters. The summed E-state index contributed by atoms with van der Waals surface area (Å²) >= 11 is 0. The molecule has 0 fully saturated rings. The van der Waals surface area contributed by atoms with Gasteiger partial charge in [0.2, 0.25) is 0 Å². The van der Waals surface area contributed by atoms with Crippen molar-refractivity contribution in [1.82, 2.24) is 10.6 Å². The molecule has 16 heavy (non-hydrogen) atoms. The molecule has 1 atom stereocenters. The van der Waals surface area contributed by atoms with Gasteiger partial charge in [0.1, 0.15) is 11.6 Å². The lowest BCUT2D eigenvalue weighted by atomic mass is 10.2. The Bertz CT molecular complexity index is 248. The number of rotatable bonds is 5. The van der Waals surface area contributed by atoms with Crippen LogP contribution in [0.25, 0.3) is 0 Å². The predicted molar refractivity (Wildman–Crippen MR) is 59.3 cm³/mol.